The van der Waals surface area contributed by atoms with Crippen LogP contribution in [0.3, 0.4) is 0 Å². The summed E-state index contributed by atoms with van der Waals surface area (Å²) in [6.45, 7) is 2.11. The van der Waals surface area contributed by atoms with Crippen molar-refractivity contribution in [1.29, 1.82) is 0 Å². The minimum atomic E-state index is 0.460. The first-order chi connectivity index (χ1) is 7.79. The standard InChI is InChI=1S/C12H13NOS2/c1-2-16-11-10(14-12(15)13-11)8-9-6-4-3-5-7-9/h3-7H,2,8H2,1H3,(H,13,15). The molecule has 2 nitrogen and oxygen atoms in total. The lowest BCUT2D eigenvalue weighted by molar-refractivity contribution is 0.495. The fourth-order valence-electron chi connectivity index (χ4n) is 1.50. The van der Waals surface area contributed by atoms with Gasteiger partial charge in [-0.3, -0.25) is 0 Å². The number of nitrogens with one attached hydrogen (secondary N) is 1. The second-order valence-corrected chi connectivity index (χ2v) is 5.01. The Hall–Kier alpha value is -1.00. The van der Waals surface area contributed by atoms with E-state index in [0.717, 1.165) is 23.0 Å². The summed E-state index contributed by atoms with van der Waals surface area (Å²) >= 11 is 6.74. The van der Waals surface area contributed by atoms with Gasteiger partial charge >= 0.3 is 0 Å². The molecule has 0 aliphatic rings. The Balaban J connectivity index is 2.24. The van der Waals surface area contributed by atoms with E-state index in [2.05, 4.69) is 24.0 Å². The van der Waals surface area contributed by atoms with Crippen LogP contribution in [0.4, 0.5) is 0 Å². The van der Waals surface area contributed by atoms with E-state index in [4.69, 9.17) is 16.6 Å². The van der Waals surface area contributed by atoms with E-state index in [1.807, 2.05) is 18.2 Å². The molecule has 0 saturated heterocycles. The molecule has 0 spiro atoms. The molecule has 1 N–H and O–H groups in total. The molecule has 0 radical (unpaired) electrons. The van der Waals surface area contributed by atoms with Gasteiger partial charge in [0.15, 0.2) is 0 Å². The van der Waals surface area contributed by atoms with Crippen LogP contribution in [-0.4, -0.2) is 10.7 Å². The average Bonchev–Trinajstić information content (AvgIpc) is 2.61. The van der Waals surface area contributed by atoms with Gasteiger partial charge in [0.1, 0.15) is 10.8 Å². The molecule has 0 aliphatic carbocycles. The summed E-state index contributed by atoms with van der Waals surface area (Å²) in [7, 11) is 0. The van der Waals surface area contributed by atoms with E-state index in [-0.39, 0.29) is 0 Å². The molecule has 4 heteroatoms. The van der Waals surface area contributed by atoms with Crippen molar-refractivity contribution in [1.82, 2.24) is 4.98 Å². The van der Waals surface area contributed by atoms with Gasteiger partial charge in [0.2, 0.25) is 0 Å². The van der Waals surface area contributed by atoms with Crippen molar-refractivity contribution in [2.24, 2.45) is 0 Å². The Morgan fingerprint density at radius 2 is 2.06 bits per heavy atom. The fraction of sp³-hybridized carbons (Fsp3) is 0.250. The van der Waals surface area contributed by atoms with Gasteiger partial charge in [-0.25, -0.2) is 0 Å². The zero-order valence-corrected chi connectivity index (χ0v) is 10.7. The summed E-state index contributed by atoms with van der Waals surface area (Å²) in [5, 5.41) is 1.05. The van der Waals surface area contributed by atoms with Crippen LogP contribution in [0.2, 0.25) is 0 Å². The van der Waals surface area contributed by atoms with Crippen LogP contribution < -0.4 is 0 Å². The molecule has 0 aliphatic heterocycles. The molecule has 0 saturated carbocycles. The minimum absolute atomic E-state index is 0.460. The smallest absolute Gasteiger partial charge is 0.266 e. The van der Waals surface area contributed by atoms with Crippen LogP contribution >= 0.6 is 24.0 Å². The molecule has 0 fully saturated rings. The van der Waals surface area contributed by atoms with Crippen LogP contribution in [0.5, 0.6) is 0 Å². The first kappa shape index (κ1) is 11.5. The summed E-state index contributed by atoms with van der Waals surface area (Å²) < 4.78 is 5.51. The van der Waals surface area contributed by atoms with E-state index >= 15 is 0 Å². The topological polar surface area (TPSA) is 28.9 Å². The molecule has 0 atom stereocenters. The first-order valence-electron chi connectivity index (χ1n) is 5.18. The third-order valence-corrected chi connectivity index (χ3v) is 3.27. The van der Waals surface area contributed by atoms with Crippen molar-refractivity contribution in [3.63, 3.8) is 0 Å². The highest BCUT2D eigenvalue weighted by atomic mass is 32.2. The Labute approximate surface area is 104 Å². The number of aromatic amines is 1. The predicted molar refractivity (Wildman–Crippen MR) is 69.5 cm³/mol. The maximum atomic E-state index is 5.51. The third-order valence-electron chi connectivity index (χ3n) is 2.18. The van der Waals surface area contributed by atoms with E-state index < -0.39 is 0 Å². The van der Waals surface area contributed by atoms with E-state index in [9.17, 15) is 0 Å². The van der Waals surface area contributed by atoms with Gasteiger partial charge in [0.25, 0.3) is 4.84 Å². The third kappa shape index (κ3) is 2.77. The number of H-pyrrole nitrogens is 1. The van der Waals surface area contributed by atoms with Crippen molar-refractivity contribution in [2.45, 2.75) is 18.4 Å². The van der Waals surface area contributed by atoms with Crippen molar-refractivity contribution >= 4 is 24.0 Å². The summed E-state index contributed by atoms with van der Waals surface area (Å²) in [5.41, 5.74) is 1.23. The lowest BCUT2D eigenvalue weighted by Gasteiger charge is -2.00. The highest BCUT2D eigenvalue weighted by Gasteiger charge is 2.08. The molecule has 1 aromatic heterocycles. The van der Waals surface area contributed by atoms with Crippen LogP contribution in [-0.2, 0) is 6.42 Å². The lowest BCUT2D eigenvalue weighted by Crippen LogP contribution is -1.88. The summed E-state index contributed by atoms with van der Waals surface area (Å²) in [5.74, 6) is 1.94. The molecule has 16 heavy (non-hydrogen) atoms. The first-order valence-corrected chi connectivity index (χ1v) is 6.57. The molecule has 2 rings (SSSR count). The van der Waals surface area contributed by atoms with Crippen LogP contribution in [0.25, 0.3) is 0 Å². The van der Waals surface area contributed by atoms with Crippen molar-refractivity contribution in [3.8, 4) is 0 Å². The molecular weight excluding hydrogens is 238 g/mol. The van der Waals surface area contributed by atoms with Gasteiger partial charge in [-0.15, -0.1) is 11.8 Å². The number of hydrogen-bond donors (Lipinski definition) is 1. The highest BCUT2D eigenvalue weighted by Crippen LogP contribution is 2.23. The van der Waals surface area contributed by atoms with Crippen molar-refractivity contribution in [2.75, 3.05) is 5.75 Å². The monoisotopic (exact) mass is 251 g/mol. The fourth-order valence-corrected chi connectivity index (χ4v) is 2.50. The van der Waals surface area contributed by atoms with Crippen LogP contribution in [0, 0.1) is 4.84 Å². The Morgan fingerprint density at radius 1 is 1.31 bits per heavy atom. The van der Waals surface area contributed by atoms with Gasteiger partial charge in [-0.1, -0.05) is 37.3 Å². The Kier molecular flexibility index (Phi) is 3.85. The second kappa shape index (κ2) is 5.37. The Bertz CT molecular complexity index is 501. The van der Waals surface area contributed by atoms with Crippen molar-refractivity contribution < 1.29 is 4.42 Å². The summed E-state index contributed by atoms with van der Waals surface area (Å²) in [6, 6.07) is 10.3. The van der Waals surface area contributed by atoms with Gasteiger partial charge < -0.3 is 9.40 Å². The van der Waals surface area contributed by atoms with Gasteiger partial charge in [0, 0.05) is 6.42 Å². The largest absolute Gasteiger partial charge is 0.433 e. The van der Waals surface area contributed by atoms with E-state index in [1.54, 1.807) is 11.8 Å². The van der Waals surface area contributed by atoms with Crippen LogP contribution in [0.1, 0.15) is 18.2 Å². The van der Waals surface area contributed by atoms with E-state index in [0.29, 0.717) is 4.84 Å². The number of rotatable bonds is 4. The van der Waals surface area contributed by atoms with Gasteiger partial charge in [-0.05, 0) is 23.5 Å². The molecule has 1 aromatic carbocycles. The number of thioether (sulfide) groups is 1. The number of oxazole rings is 1. The van der Waals surface area contributed by atoms with Crippen molar-refractivity contribution in [3.05, 3.63) is 46.5 Å². The van der Waals surface area contributed by atoms with Gasteiger partial charge in [0.05, 0.1) is 0 Å². The quantitative estimate of drug-likeness (QED) is 0.657. The Morgan fingerprint density at radius 3 is 2.75 bits per heavy atom. The SMILES string of the molecule is CCSc1[nH]c(=S)oc1Cc1ccccc1. The van der Waals surface area contributed by atoms with E-state index in [1.165, 1.54) is 5.56 Å². The molecule has 0 amide bonds. The number of hydrogen-bond acceptors (Lipinski definition) is 3. The maximum Gasteiger partial charge on any atom is 0.266 e. The molecule has 1 heterocycles. The average molecular weight is 251 g/mol. The molecule has 0 bridgehead atoms. The highest BCUT2D eigenvalue weighted by molar-refractivity contribution is 7.99. The normalized spacial score (nSPS) is 10.6. The molecule has 0 unspecified atom stereocenters. The lowest BCUT2D eigenvalue weighted by atomic mass is 10.1. The molecular formula is C12H13NOS2. The summed E-state index contributed by atoms with van der Waals surface area (Å²) in [4.78, 5) is 3.54. The minimum Gasteiger partial charge on any atom is -0.433 e. The number of aromatic nitrogens is 1. The predicted octanol–water partition coefficient (Wildman–Crippen LogP) is 4.04. The number of benzene rings is 1. The molecule has 84 valence electrons. The van der Waals surface area contributed by atoms with Crippen LogP contribution in [0.15, 0.2) is 39.8 Å². The zero-order chi connectivity index (χ0) is 11.4. The van der Waals surface area contributed by atoms with Gasteiger partial charge in [-0.2, -0.15) is 0 Å². The molecule has 2 aromatic rings. The summed E-state index contributed by atoms with van der Waals surface area (Å²) in [6.07, 6.45) is 0.788. The zero-order valence-electron chi connectivity index (χ0n) is 9.03. The maximum absolute atomic E-state index is 5.51. The second-order valence-electron chi connectivity index (χ2n) is 3.36.